The van der Waals surface area contributed by atoms with Crippen molar-refractivity contribution in [2.24, 2.45) is 0 Å². The molecule has 5 rings (SSSR count). The Morgan fingerprint density at radius 1 is 0.935 bits per heavy atom. The lowest BCUT2D eigenvalue weighted by atomic mass is 10.1. The van der Waals surface area contributed by atoms with E-state index in [1.165, 1.54) is 16.2 Å². The second-order valence-corrected chi connectivity index (χ2v) is 9.80. The molecule has 0 spiro atoms. The summed E-state index contributed by atoms with van der Waals surface area (Å²) in [4.78, 5) is 13.6. The molecule has 2 aromatic carbocycles. The van der Waals surface area contributed by atoms with E-state index in [1.54, 1.807) is 13.1 Å². The summed E-state index contributed by atoms with van der Waals surface area (Å²) in [6, 6.07) is 15.5. The van der Waals surface area contributed by atoms with Gasteiger partial charge >= 0.3 is 0 Å². The highest BCUT2D eigenvalue weighted by Crippen LogP contribution is 2.41. The number of sulfonamides is 1. The molecule has 9 heteroatoms. The third kappa shape index (κ3) is 3.49. The van der Waals surface area contributed by atoms with Crippen LogP contribution in [0.2, 0.25) is 0 Å². The van der Waals surface area contributed by atoms with Gasteiger partial charge in [-0.3, -0.25) is 4.31 Å². The maximum absolute atomic E-state index is 12.9. The lowest BCUT2D eigenvalue weighted by Crippen LogP contribution is -2.44. The lowest BCUT2D eigenvalue weighted by molar-refractivity contribution is 0.313. The standard InChI is InChI=1S/C22H24N6O2S/c1-26-11-13-28(14-12-26)17-9-7-16(8-10-17)24-22-23-15-20-21(25-22)18-5-3-4-6-19(18)27(2)31(20,29)30/h3-10,15H,11-14H2,1-2H3,(H,23,24,25). The normalized spacial score (nSPS) is 17.7. The van der Waals surface area contributed by atoms with Crippen molar-refractivity contribution in [2.75, 3.05) is 54.8 Å². The van der Waals surface area contributed by atoms with E-state index >= 15 is 0 Å². The summed E-state index contributed by atoms with van der Waals surface area (Å²) < 4.78 is 27.0. The van der Waals surface area contributed by atoms with Gasteiger partial charge in [0.25, 0.3) is 10.0 Å². The van der Waals surface area contributed by atoms with Crippen molar-refractivity contribution in [3.63, 3.8) is 0 Å². The van der Waals surface area contributed by atoms with Gasteiger partial charge in [0.1, 0.15) is 4.90 Å². The van der Waals surface area contributed by atoms with Crippen LogP contribution in [0.15, 0.2) is 59.6 Å². The second-order valence-electron chi connectivity index (χ2n) is 7.86. The van der Waals surface area contributed by atoms with E-state index in [4.69, 9.17) is 0 Å². The van der Waals surface area contributed by atoms with Crippen LogP contribution in [0.4, 0.5) is 23.0 Å². The molecule has 1 aromatic heterocycles. The number of para-hydroxylation sites is 1. The third-order valence-electron chi connectivity index (χ3n) is 5.88. The molecule has 160 valence electrons. The molecule has 2 aliphatic rings. The maximum atomic E-state index is 12.9. The Balaban J connectivity index is 1.42. The first kappa shape index (κ1) is 19.8. The number of nitrogens with zero attached hydrogens (tertiary/aromatic N) is 5. The van der Waals surface area contributed by atoms with Crippen LogP contribution < -0.4 is 14.5 Å². The fraction of sp³-hybridized carbons (Fsp3) is 0.273. The fourth-order valence-electron chi connectivity index (χ4n) is 3.99. The van der Waals surface area contributed by atoms with Gasteiger partial charge in [-0.05, 0) is 37.4 Å². The first-order chi connectivity index (χ1) is 14.9. The van der Waals surface area contributed by atoms with Crippen molar-refractivity contribution in [1.29, 1.82) is 0 Å². The van der Waals surface area contributed by atoms with Crippen molar-refractivity contribution < 1.29 is 8.42 Å². The number of hydrogen-bond donors (Lipinski definition) is 1. The Hall–Kier alpha value is -3.17. The van der Waals surface area contributed by atoms with Crippen molar-refractivity contribution in [1.82, 2.24) is 14.9 Å². The molecule has 0 unspecified atom stereocenters. The number of rotatable bonds is 3. The van der Waals surface area contributed by atoms with Crippen LogP contribution in [-0.4, -0.2) is 63.6 Å². The van der Waals surface area contributed by atoms with E-state index in [0.717, 1.165) is 37.4 Å². The molecule has 1 N–H and O–H groups in total. The summed E-state index contributed by atoms with van der Waals surface area (Å²) >= 11 is 0. The van der Waals surface area contributed by atoms with Gasteiger partial charge in [0.2, 0.25) is 5.95 Å². The third-order valence-corrected chi connectivity index (χ3v) is 7.66. The molecule has 1 saturated heterocycles. The van der Waals surface area contributed by atoms with E-state index in [-0.39, 0.29) is 4.90 Å². The molecule has 3 heterocycles. The molecule has 0 radical (unpaired) electrons. The van der Waals surface area contributed by atoms with Gasteiger partial charge in [-0.25, -0.2) is 18.4 Å². The summed E-state index contributed by atoms with van der Waals surface area (Å²) in [5.74, 6) is 0.362. The van der Waals surface area contributed by atoms with E-state index in [1.807, 2.05) is 30.3 Å². The SMILES string of the molecule is CN1CCN(c2ccc(Nc3ncc4c(n3)-c3ccccc3N(C)S4(=O)=O)cc2)CC1. The number of anilines is 4. The summed E-state index contributed by atoms with van der Waals surface area (Å²) in [7, 11) is 0.0161. The highest BCUT2D eigenvalue weighted by molar-refractivity contribution is 7.93. The molecule has 8 nitrogen and oxygen atoms in total. The molecule has 3 aromatic rings. The molecular weight excluding hydrogens is 412 g/mol. The molecular formula is C22H24N6O2S. The smallest absolute Gasteiger partial charge is 0.267 e. The van der Waals surface area contributed by atoms with Gasteiger partial charge in [0.05, 0.1) is 17.6 Å². The Labute approximate surface area is 182 Å². The monoisotopic (exact) mass is 436 g/mol. The quantitative estimate of drug-likeness (QED) is 0.676. The minimum Gasteiger partial charge on any atom is -0.369 e. The first-order valence-corrected chi connectivity index (χ1v) is 11.6. The van der Waals surface area contributed by atoms with Crippen LogP contribution in [0, 0.1) is 0 Å². The van der Waals surface area contributed by atoms with Gasteiger partial charge < -0.3 is 15.1 Å². The summed E-state index contributed by atoms with van der Waals surface area (Å²) in [5, 5.41) is 3.20. The summed E-state index contributed by atoms with van der Waals surface area (Å²) in [5.41, 5.74) is 3.83. The van der Waals surface area contributed by atoms with E-state index in [2.05, 4.69) is 44.3 Å². The number of aromatic nitrogens is 2. The van der Waals surface area contributed by atoms with Crippen molar-refractivity contribution in [2.45, 2.75) is 4.90 Å². The summed E-state index contributed by atoms with van der Waals surface area (Å²) in [6.07, 6.45) is 1.38. The van der Waals surface area contributed by atoms with Crippen molar-refractivity contribution >= 4 is 33.0 Å². The van der Waals surface area contributed by atoms with Gasteiger partial charge in [0, 0.05) is 50.2 Å². The molecule has 0 bridgehead atoms. The predicted octanol–water partition coefficient (Wildman–Crippen LogP) is 2.78. The minimum atomic E-state index is -3.67. The fourth-order valence-corrected chi connectivity index (χ4v) is 5.29. The highest BCUT2D eigenvalue weighted by atomic mass is 32.2. The van der Waals surface area contributed by atoms with Gasteiger partial charge in [-0.15, -0.1) is 0 Å². The first-order valence-electron chi connectivity index (χ1n) is 10.2. The number of nitrogens with one attached hydrogen (secondary N) is 1. The molecule has 0 saturated carbocycles. The van der Waals surface area contributed by atoms with Crippen LogP contribution in [-0.2, 0) is 10.0 Å². The topological polar surface area (TPSA) is 81.7 Å². The average molecular weight is 437 g/mol. The van der Waals surface area contributed by atoms with Crippen molar-refractivity contribution in [3.05, 3.63) is 54.7 Å². The van der Waals surface area contributed by atoms with E-state index < -0.39 is 10.0 Å². The molecule has 0 amide bonds. The molecule has 2 aliphatic heterocycles. The zero-order chi connectivity index (χ0) is 21.6. The van der Waals surface area contributed by atoms with Crippen molar-refractivity contribution in [3.8, 4) is 11.3 Å². The summed E-state index contributed by atoms with van der Waals surface area (Å²) in [6.45, 7) is 4.14. The molecule has 1 fully saturated rings. The van der Waals surface area contributed by atoms with Crippen LogP contribution in [0.25, 0.3) is 11.3 Å². The van der Waals surface area contributed by atoms with Gasteiger partial charge in [0.15, 0.2) is 0 Å². The second kappa shape index (κ2) is 7.51. The Kier molecular flexibility index (Phi) is 4.79. The van der Waals surface area contributed by atoms with Crippen LogP contribution in [0.5, 0.6) is 0 Å². The largest absolute Gasteiger partial charge is 0.369 e. The molecule has 0 atom stereocenters. The number of piperazine rings is 1. The highest BCUT2D eigenvalue weighted by Gasteiger charge is 2.34. The zero-order valence-corrected chi connectivity index (χ0v) is 18.3. The number of hydrogen-bond acceptors (Lipinski definition) is 7. The van der Waals surface area contributed by atoms with Gasteiger partial charge in [-0.1, -0.05) is 18.2 Å². The number of benzene rings is 2. The Morgan fingerprint density at radius 3 is 2.39 bits per heavy atom. The van der Waals surface area contributed by atoms with Crippen LogP contribution in [0.1, 0.15) is 0 Å². The zero-order valence-electron chi connectivity index (χ0n) is 17.5. The lowest BCUT2D eigenvalue weighted by Gasteiger charge is -2.34. The van der Waals surface area contributed by atoms with Gasteiger partial charge in [-0.2, -0.15) is 0 Å². The van der Waals surface area contributed by atoms with E-state index in [9.17, 15) is 8.42 Å². The average Bonchev–Trinajstić information content (AvgIpc) is 2.79. The maximum Gasteiger partial charge on any atom is 0.267 e. The Morgan fingerprint density at radius 2 is 1.65 bits per heavy atom. The predicted molar refractivity (Wildman–Crippen MR) is 122 cm³/mol. The molecule has 0 aliphatic carbocycles. The Bertz CT molecular complexity index is 1220. The number of likely N-dealkylation sites (N-methyl/N-ethyl adjacent to an activating group) is 1. The minimum absolute atomic E-state index is 0.115. The van der Waals surface area contributed by atoms with E-state index in [0.29, 0.717) is 17.3 Å². The molecule has 31 heavy (non-hydrogen) atoms. The van der Waals surface area contributed by atoms with Crippen LogP contribution in [0.3, 0.4) is 0 Å². The van der Waals surface area contributed by atoms with Crippen LogP contribution >= 0.6 is 0 Å². The number of fused-ring (bicyclic) bond motifs is 3.